The molecule has 0 N–H and O–H groups in total. The molecule has 17 heavy (non-hydrogen) atoms. The lowest BCUT2D eigenvalue weighted by atomic mass is 9.78. The minimum absolute atomic E-state index is 0.159. The van der Waals surface area contributed by atoms with Gasteiger partial charge in [0.25, 0.3) is 0 Å². The second-order valence-corrected chi connectivity index (χ2v) is 4.69. The Kier molecular flexibility index (Phi) is 3.36. The highest BCUT2D eigenvalue weighted by Gasteiger charge is 2.42. The van der Waals surface area contributed by atoms with Crippen LogP contribution in [0.15, 0.2) is 29.4 Å². The van der Waals surface area contributed by atoms with Crippen molar-refractivity contribution in [3.8, 4) is 0 Å². The molecule has 0 aromatic heterocycles. The molecule has 0 aliphatic heterocycles. The van der Waals surface area contributed by atoms with Gasteiger partial charge in [-0.05, 0) is 36.1 Å². The van der Waals surface area contributed by atoms with Crippen LogP contribution in [0.25, 0.3) is 10.4 Å². The van der Waals surface area contributed by atoms with Crippen LogP contribution in [0.3, 0.4) is 0 Å². The quantitative estimate of drug-likeness (QED) is 0.458. The third-order valence-electron chi connectivity index (χ3n) is 3.34. The van der Waals surface area contributed by atoms with Crippen LogP contribution in [0, 0.1) is 0 Å². The number of hydrogen-bond acceptors (Lipinski definition) is 2. The monoisotopic (exact) mass is 249 g/mol. The van der Waals surface area contributed by atoms with E-state index in [4.69, 9.17) is 17.1 Å². The number of carbonyl (C=O) groups excluding carboxylic acids is 1. The molecule has 2 rings (SSSR count). The summed E-state index contributed by atoms with van der Waals surface area (Å²) in [7, 11) is 0. The summed E-state index contributed by atoms with van der Waals surface area (Å²) in [6, 6.07) is 7.22. The summed E-state index contributed by atoms with van der Waals surface area (Å²) < 4.78 is 0. The van der Waals surface area contributed by atoms with Gasteiger partial charge in [-0.15, -0.1) is 0 Å². The number of hydrogen-bond donors (Lipinski definition) is 0. The second-order valence-electron chi connectivity index (χ2n) is 4.25. The Morgan fingerprint density at radius 3 is 2.65 bits per heavy atom. The van der Waals surface area contributed by atoms with E-state index in [1.165, 1.54) is 0 Å². The van der Waals surface area contributed by atoms with Gasteiger partial charge in [0.15, 0.2) is 0 Å². The highest BCUT2D eigenvalue weighted by Crippen LogP contribution is 2.39. The lowest BCUT2D eigenvalue weighted by Crippen LogP contribution is -2.34. The van der Waals surface area contributed by atoms with Crippen molar-refractivity contribution in [2.45, 2.75) is 24.7 Å². The summed E-state index contributed by atoms with van der Waals surface area (Å²) in [5, 5.41) is 4.24. The maximum atomic E-state index is 12.1. The fourth-order valence-corrected chi connectivity index (χ4v) is 2.54. The summed E-state index contributed by atoms with van der Waals surface area (Å²) in [5.74, 6) is 0.159. The zero-order valence-electron chi connectivity index (χ0n) is 9.27. The molecule has 5 heteroatoms. The van der Waals surface area contributed by atoms with E-state index in [1.807, 2.05) is 12.1 Å². The maximum Gasteiger partial charge on any atom is 0.143 e. The molecule has 1 aromatic rings. The molecule has 0 radical (unpaired) electrons. The number of halogens is 1. The number of nitrogens with zero attached hydrogens (tertiary/aromatic N) is 3. The number of Topliss-reactive ketones (excluding diaryl/α,β-unsaturated/α-hetero) is 1. The van der Waals surface area contributed by atoms with Crippen LogP contribution in [-0.4, -0.2) is 12.3 Å². The summed E-state index contributed by atoms with van der Waals surface area (Å²) in [4.78, 5) is 14.8. The Labute approximate surface area is 104 Å². The molecule has 0 amide bonds. The summed E-state index contributed by atoms with van der Waals surface area (Å²) in [6.07, 6.45) is 2.15. The molecule has 4 nitrogen and oxygen atoms in total. The van der Waals surface area contributed by atoms with Gasteiger partial charge >= 0.3 is 0 Å². The van der Waals surface area contributed by atoms with Gasteiger partial charge in [0.1, 0.15) is 5.78 Å². The highest BCUT2D eigenvalue weighted by molar-refractivity contribution is 6.30. The molecule has 0 saturated heterocycles. The van der Waals surface area contributed by atoms with Crippen molar-refractivity contribution in [3.05, 3.63) is 45.3 Å². The lowest BCUT2D eigenvalue weighted by molar-refractivity contribution is -0.121. The maximum absolute atomic E-state index is 12.1. The van der Waals surface area contributed by atoms with Crippen molar-refractivity contribution >= 4 is 17.4 Å². The molecular formula is C12H12ClN3O. The first-order chi connectivity index (χ1) is 8.19. The van der Waals surface area contributed by atoms with Crippen LogP contribution in [0.5, 0.6) is 0 Å². The predicted molar refractivity (Wildman–Crippen MR) is 66.0 cm³/mol. The van der Waals surface area contributed by atoms with E-state index < -0.39 is 5.41 Å². The van der Waals surface area contributed by atoms with Crippen LogP contribution in [0.1, 0.15) is 24.8 Å². The molecule has 1 aromatic carbocycles. The highest BCUT2D eigenvalue weighted by atomic mass is 35.5. The smallest absolute Gasteiger partial charge is 0.143 e. The summed E-state index contributed by atoms with van der Waals surface area (Å²) in [5.41, 5.74) is 8.72. The average Bonchev–Trinajstić information content (AvgIpc) is 2.70. The third kappa shape index (κ3) is 2.14. The summed E-state index contributed by atoms with van der Waals surface area (Å²) >= 11 is 5.84. The van der Waals surface area contributed by atoms with Crippen molar-refractivity contribution in [1.82, 2.24) is 0 Å². The van der Waals surface area contributed by atoms with Crippen LogP contribution in [-0.2, 0) is 10.2 Å². The van der Waals surface area contributed by atoms with Gasteiger partial charge in [-0.25, -0.2) is 0 Å². The first-order valence-corrected chi connectivity index (χ1v) is 5.87. The van der Waals surface area contributed by atoms with Gasteiger partial charge in [-0.1, -0.05) is 28.8 Å². The lowest BCUT2D eigenvalue weighted by Gasteiger charge is -2.25. The van der Waals surface area contributed by atoms with Crippen LogP contribution in [0.4, 0.5) is 0 Å². The second kappa shape index (κ2) is 4.78. The van der Waals surface area contributed by atoms with Crippen LogP contribution < -0.4 is 0 Å². The predicted octanol–water partition coefficient (Wildman–Crippen LogP) is 3.64. The largest absolute Gasteiger partial charge is 0.299 e. The number of rotatable bonds is 3. The van der Waals surface area contributed by atoms with E-state index in [-0.39, 0.29) is 12.3 Å². The molecule has 1 unspecified atom stereocenters. The van der Waals surface area contributed by atoms with Gasteiger partial charge in [0.2, 0.25) is 0 Å². The standard InChI is InChI=1S/C12H12ClN3O/c13-10-5-3-9(4-6-10)12(8-15-16-14)7-1-2-11(12)17/h3-6H,1-2,7-8H2. The topological polar surface area (TPSA) is 65.8 Å². The molecule has 1 atom stereocenters. The fourth-order valence-electron chi connectivity index (χ4n) is 2.41. The van der Waals surface area contributed by atoms with Crippen LogP contribution >= 0.6 is 11.6 Å². The Balaban J connectivity index is 2.42. The van der Waals surface area contributed by atoms with Gasteiger partial charge in [0.05, 0.1) is 5.41 Å². The van der Waals surface area contributed by atoms with E-state index in [2.05, 4.69) is 10.0 Å². The zero-order chi connectivity index (χ0) is 12.3. The minimum atomic E-state index is -0.628. The molecule has 1 aliphatic carbocycles. The Hall–Kier alpha value is -1.51. The summed E-state index contributed by atoms with van der Waals surface area (Å²) in [6.45, 7) is 0.198. The molecular weight excluding hydrogens is 238 g/mol. The normalized spacial score (nSPS) is 23.5. The number of azide groups is 1. The molecule has 1 fully saturated rings. The number of carbonyl (C=O) groups is 1. The van der Waals surface area contributed by atoms with Gasteiger partial charge in [-0.3, -0.25) is 4.79 Å². The van der Waals surface area contributed by atoms with Crippen molar-refractivity contribution < 1.29 is 4.79 Å². The number of ketones is 1. The van der Waals surface area contributed by atoms with E-state index in [1.54, 1.807) is 12.1 Å². The van der Waals surface area contributed by atoms with Gasteiger partial charge < -0.3 is 0 Å². The molecule has 0 heterocycles. The van der Waals surface area contributed by atoms with Gasteiger partial charge in [-0.2, -0.15) is 0 Å². The van der Waals surface area contributed by atoms with Crippen molar-refractivity contribution in [2.24, 2.45) is 5.11 Å². The Bertz CT molecular complexity index is 479. The van der Waals surface area contributed by atoms with Crippen LogP contribution in [0.2, 0.25) is 5.02 Å². The van der Waals surface area contributed by atoms with Crippen molar-refractivity contribution in [1.29, 1.82) is 0 Å². The molecule has 0 bridgehead atoms. The molecule has 88 valence electrons. The van der Waals surface area contributed by atoms with E-state index in [0.717, 1.165) is 18.4 Å². The Morgan fingerprint density at radius 1 is 1.41 bits per heavy atom. The van der Waals surface area contributed by atoms with E-state index in [0.29, 0.717) is 11.4 Å². The first kappa shape index (κ1) is 12.0. The molecule has 1 aliphatic rings. The van der Waals surface area contributed by atoms with E-state index >= 15 is 0 Å². The number of benzene rings is 1. The SMILES string of the molecule is [N-]=[N+]=NCC1(c2ccc(Cl)cc2)CCCC1=O. The van der Waals surface area contributed by atoms with Gasteiger partial charge in [0, 0.05) is 22.9 Å². The Morgan fingerprint density at radius 2 is 2.12 bits per heavy atom. The average molecular weight is 250 g/mol. The molecule has 1 saturated carbocycles. The third-order valence-corrected chi connectivity index (χ3v) is 3.59. The minimum Gasteiger partial charge on any atom is -0.299 e. The van der Waals surface area contributed by atoms with Crippen molar-refractivity contribution in [2.75, 3.05) is 6.54 Å². The van der Waals surface area contributed by atoms with Crippen molar-refractivity contribution in [3.63, 3.8) is 0 Å². The first-order valence-electron chi connectivity index (χ1n) is 5.49. The molecule has 0 spiro atoms. The fraction of sp³-hybridized carbons (Fsp3) is 0.417. The zero-order valence-corrected chi connectivity index (χ0v) is 10.0. The van der Waals surface area contributed by atoms with E-state index in [9.17, 15) is 4.79 Å².